The van der Waals surface area contributed by atoms with Crippen molar-refractivity contribution >= 4 is 38.9 Å². The molecule has 0 bridgehead atoms. The van der Waals surface area contributed by atoms with Gasteiger partial charge in [-0.2, -0.15) is 0 Å². The van der Waals surface area contributed by atoms with Crippen molar-refractivity contribution in [2.24, 2.45) is 5.73 Å². The molecule has 0 saturated carbocycles. The van der Waals surface area contributed by atoms with E-state index in [1.165, 1.54) is 0 Å². The van der Waals surface area contributed by atoms with Crippen molar-refractivity contribution in [1.29, 1.82) is 0 Å². The fraction of sp³-hybridized carbons (Fsp3) is 0.462. The van der Waals surface area contributed by atoms with Gasteiger partial charge < -0.3 is 11.1 Å². The molecule has 3 N–H and O–H groups in total. The van der Waals surface area contributed by atoms with Gasteiger partial charge in [0.25, 0.3) is 0 Å². The maximum Gasteiger partial charge on any atom is 0.236 e. The smallest absolute Gasteiger partial charge is 0.236 e. The molecule has 5 nitrogen and oxygen atoms in total. The fourth-order valence-corrected chi connectivity index (χ4v) is 2.76. The van der Waals surface area contributed by atoms with Gasteiger partial charge in [-0.25, -0.2) is 8.42 Å². The zero-order valence-electron chi connectivity index (χ0n) is 11.6. The number of carbonyl (C=O) groups is 1. The van der Waals surface area contributed by atoms with Crippen LogP contribution < -0.4 is 11.1 Å². The zero-order valence-corrected chi connectivity index (χ0v) is 13.9. The third-order valence-electron chi connectivity index (χ3n) is 2.86. The molecule has 0 saturated heterocycles. The first-order valence-corrected chi connectivity index (χ1v) is 9.16. The standard InChI is InChI=1S/C13H18Cl2N2O3S/c1-21(19,20)8-6-11(16)13(18)17-7-5-9-3-2-4-10(14)12(9)15/h2-4,11H,5-8,16H2,1H3,(H,17,18). The Morgan fingerprint density at radius 2 is 2.05 bits per heavy atom. The first-order chi connectivity index (χ1) is 9.70. The molecule has 1 rings (SSSR count). The lowest BCUT2D eigenvalue weighted by Crippen LogP contribution is -2.42. The number of rotatable bonds is 7. The number of benzene rings is 1. The normalized spacial score (nSPS) is 13.0. The fourth-order valence-electron chi connectivity index (χ4n) is 1.67. The molecule has 0 aromatic heterocycles. The Labute approximate surface area is 134 Å². The summed E-state index contributed by atoms with van der Waals surface area (Å²) in [6, 6.07) is 4.45. The van der Waals surface area contributed by atoms with Gasteiger partial charge in [0.15, 0.2) is 0 Å². The number of sulfone groups is 1. The van der Waals surface area contributed by atoms with Crippen LogP contribution in [-0.2, 0) is 21.1 Å². The second-order valence-electron chi connectivity index (χ2n) is 4.78. The van der Waals surface area contributed by atoms with E-state index in [2.05, 4.69) is 5.32 Å². The highest BCUT2D eigenvalue weighted by Gasteiger charge is 2.15. The Morgan fingerprint density at radius 1 is 1.38 bits per heavy atom. The minimum atomic E-state index is -3.12. The number of hydrogen-bond donors (Lipinski definition) is 2. The lowest BCUT2D eigenvalue weighted by Gasteiger charge is -2.12. The van der Waals surface area contributed by atoms with E-state index in [-0.39, 0.29) is 18.1 Å². The lowest BCUT2D eigenvalue weighted by molar-refractivity contribution is -0.122. The van der Waals surface area contributed by atoms with Crippen LogP contribution in [0.15, 0.2) is 18.2 Å². The Hall–Kier alpha value is -0.820. The van der Waals surface area contributed by atoms with Gasteiger partial charge in [-0.3, -0.25) is 4.79 Å². The number of hydrogen-bond acceptors (Lipinski definition) is 4. The molecule has 8 heteroatoms. The summed E-state index contributed by atoms with van der Waals surface area (Å²) >= 11 is 11.9. The van der Waals surface area contributed by atoms with Gasteiger partial charge in [0, 0.05) is 12.8 Å². The maximum absolute atomic E-state index is 11.7. The van der Waals surface area contributed by atoms with E-state index in [4.69, 9.17) is 28.9 Å². The van der Waals surface area contributed by atoms with Crippen molar-refractivity contribution in [2.75, 3.05) is 18.6 Å². The molecule has 1 amide bonds. The minimum absolute atomic E-state index is 0.0998. The van der Waals surface area contributed by atoms with Gasteiger partial charge in [-0.05, 0) is 24.5 Å². The largest absolute Gasteiger partial charge is 0.354 e. The molecule has 0 aliphatic rings. The van der Waals surface area contributed by atoms with Gasteiger partial charge in [-0.1, -0.05) is 35.3 Å². The summed E-state index contributed by atoms with van der Waals surface area (Å²) in [4.78, 5) is 11.7. The van der Waals surface area contributed by atoms with Crippen molar-refractivity contribution in [3.05, 3.63) is 33.8 Å². The van der Waals surface area contributed by atoms with Crippen LogP contribution in [0.4, 0.5) is 0 Å². The monoisotopic (exact) mass is 352 g/mol. The molecule has 0 fully saturated rings. The first kappa shape index (κ1) is 18.2. The minimum Gasteiger partial charge on any atom is -0.354 e. The average Bonchev–Trinajstić information content (AvgIpc) is 2.39. The Balaban J connectivity index is 2.41. The predicted octanol–water partition coefficient (Wildman–Crippen LogP) is 1.41. The number of nitrogens with two attached hydrogens (primary N) is 1. The highest BCUT2D eigenvalue weighted by molar-refractivity contribution is 7.90. The molecule has 0 radical (unpaired) electrons. The van der Waals surface area contributed by atoms with Gasteiger partial charge in [-0.15, -0.1) is 0 Å². The number of halogens is 2. The van der Waals surface area contributed by atoms with Crippen LogP contribution in [0.1, 0.15) is 12.0 Å². The number of amides is 1. The van der Waals surface area contributed by atoms with Crippen LogP contribution in [0, 0.1) is 0 Å². The van der Waals surface area contributed by atoms with Crippen LogP contribution in [0.5, 0.6) is 0 Å². The topological polar surface area (TPSA) is 89.3 Å². The quantitative estimate of drug-likeness (QED) is 0.776. The molecule has 118 valence electrons. The molecule has 1 unspecified atom stereocenters. The molecular formula is C13H18Cl2N2O3S. The van der Waals surface area contributed by atoms with E-state index in [9.17, 15) is 13.2 Å². The van der Waals surface area contributed by atoms with E-state index < -0.39 is 15.9 Å². The Morgan fingerprint density at radius 3 is 2.67 bits per heavy atom. The highest BCUT2D eigenvalue weighted by atomic mass is 35.5. The van der Waals surface area contributed by atoms with Crippen molar-refractivity contribution in [3.63, 3.8) is 0 Å². The molecule has 0 spiro atoms. The van der Waals surface area contributed by atoms with Gasteiger partial charge in [0.05, 0.1) is 21.8 Å². The summed E-state index contributed by atoms with van der Waals surface area (Å²) in [6.45, 7) is 0.353. The second-order valence-corrected chi connectivity index (χ2v) is 7.82. The third-order valence-corrected chi connectivity index (χ3v) is 4.70. The van der Waals surface area contributed by atoms with Crippen LogP contribution in [0.25, 0.3) is 0 Å². The molecule has 0 aliphatic heterocycles. The summed E-state index contributed by atoms with van der Waals surface area (Å²) in [5.41, 5.74) is 6.46. The van der Waals surface area contributed by atoms with Crippen LogP contribution >= 0.6 is 23.2 Å². The summed E-state index contributed by atoms with van der Waals surface area (Å²) in [5, 5.41) is 3.58. The predicted molar refractivity (Wildman–Crippen MR) is 85.5 cm³/mol. The third kappa shape index (κ3) is 6.65. The van der Waals surface area contributed by atoms with E-state index in [0.717, 1.165) is 11.8 Å². The Bertz CT molecular complexity index is 605. The molecule has 21 heavy (non-hydrogen) atoms. The molecule has 1 atom stereocenters. The van der Waals surface area contributed by atoms with Crippen LogP contribution in [0.3, 0.4) is 0 Å². The van der Waals surface area contributed by atoms with Gasteiger partial charge in [0.2, 0.25) is 5.91 Å². The lowest BCUT2D eigenvalue weighted by atomic mass is 10.1. The van der Waals surface area contributed by atoms with E-state index in [0.29, 0.717) is 23.0 Å². The number of carbonyl (C=O) groups excluding carboxylic acids is 1. The van der Waals surface area contributed by atoms with Crippen LogP contribution in [0.2, 0.25) is 10.0 Å². The highest BCUT2D eigenvalue weighted by Crippen LogP contribution is 2.25. The van der Waals surface area contributed by atoms with Gasteiger partial charge in [0.1, 0.15) is 9.84 Å². The molecular weight excluding hydrogens is 335 g/mol. The van der Waals surface area contributed by atoms with Crippen molar-refractivity contribution in [2.45, 2.75) is 18.9 Å². The summed E-state index contributed by atoms with van der Waals surface area (Å²) in [6.07, 6.45) is 1.73. The second kappa shape index (κ2) is 7.98. The van der Waals surface area contributed by atoms with Crippen LogP contribution in [-0.4, -0.2) is 38.9 Å². The molecule has 0 heterocycles. The van der Waals surface area contributed by atoms with E-state index >= 15 is 0 Å². The van der Waals surface area contributed by atoms with E-state index in [1.54, 1.807) is 12.1 Å². The molecule has 1 aromatic rings. The summed E-state index contributed by atoms with van der Waals surface area (Å²) in [7, 11) is -3.12. The molecule has 1 aromatic carbocycles. The first-order valence-electron chi connectivity index (χ1n) is 6.34. The summed E-state index contributed by atoms with van der Waals surface area (Å²) < 4.78 is 22.0. The van der Waals surface area contributed by atoms with Crippen molar-refractivity contribution in [1.82, 2.24) is 5.32 Å². The zero-order chi connectivity index (χ0) is 16.0. The average molecular weight is 353 g/mol. The molecule has 0 aliphatic carbocycles. The van der Waals surface area contributed by atoms with Gasteiger partial charge >= 0.3 is 0 Å². The maximum atomic E-state index is 11.7. The number of nitrogens with one attached hydrogen (secondary N) is 1. The summed E-state index contributed by atoms with van der Waals surface area (Å²) in [5.74, 6) is -0.487. The SMILES string of the molecule is CS(=O)(=O)CCC(N)C(=O)NCCc1cccc(Cl)c1Cl. The Kier molecular flexibility index (Phi) is 6.93. The van der Waals surface area contributed by atoms with Crippen molar-refractivity contribution in [3.8, 4) is 0 Å². The van der Waals surface area contributed by atoms with Crippen molar-refractivity contribution < 1.29 is 13.2 Å². The van der Waals surface area contributed by atoms with E-state index in [1.807, 2.05) is 6.07 Å².